The number of hydrogen-bond acceptors (Lipinski definition) is 5. The largest absolute Gasteiger partial charge is 0.325 e. The molecule has 0 saturated carbocycles. The summed E-state index contributed by atoms with van der Waals surface area (Å²) in [6, 6.07) is 13.7. The average Bonchev–Trinajstić information content (AvgIpc) is 3.15. The zero-order valence-electron chi connectivity index (χ0n) is 18.5. The Hall–Kier alpha value is -3.46. The molecule has 0 unspecified atom stereocenters. The molecule has 3 aromatic rings. The minimum absolute atomic E-state index is 0.0931. The molecule has 7 nitrogen and oxygen atoms in total. The maximum atomic E-state index is 13.8. The summed E-state index contributed by atoms with van der Waals surface area (Å²) in [7, 11) is 0. The van der Waals surface area contributed by atoms with Gasteiger partial charge in [0.1, 0.15) is 11.6 Å². The number of allylic oxidation sites excluding steroid dienone is 1. The van der Waals surface area contributed by atoms with Crippen LogP contribution in [0.15, 0.2) is 66.3 Å². The second-order valence-corrected chi connectivity index (χ2v) is 8.56. The molecule has 0 aliphatic heterocycles. The van der Waals surface area contributed by atoms with Crippen LogP contribution in [0.5, 0.6) is 0 Å². The quantitative estimate of drug-likeness (QED) is 0.335. The number of nitrogens with one attached hydrogen (secondary N) is 2. The van der Waals surface area contributed by atoms with E-state index in [2.05, 4.69) is 41.3 Å². The summed E-state index contributed by atoms with van der Waals surface area (Å²) in [5, 5.41) is 14.1. The number of carbonyl (C=O) groups excluding carboxylic acids is 2. The summed E-state index contributed by atoms with van der Waals surface area (Å²) in [6.07, 6.45) is 1.56. The molecular formula is C24H26FN5O2S. The highest BCUT2D eigenvalue weighted by Gasteiger charge is 2.17. The van der Waals surface area contributed by atoms with E-state index in [1.165, 1.54) is 29.5 Å². The molecule has 0 atom stereocenters. The number of thioether (sulfide) groups is 1. The van der Waals surface area contributed by atoms with Crippen molar-refractivity contribution in [2.75, 3.05) is 16.4 Å². The Morgan fingerprint density at radius 2 is 1.82 bits per heavy atom. The first-order valence-electron chi connectivity index (χ1n) is 10.5. The molecule has 0 aliphatic carbocycles. The third-order valence-corrected chi connectivity index (χ3v) is 5.73. The van der Waals surface area contributed by atoms with Gasteiger partial charge in [-0.1, -0.05) is 56.0 Å². The van der Waals surface area contributed by atoms with Crippen LogP contribution in [0.1, 0.15) is 31.2 Å². The van der Waals surface area contributed by atoms with Crippen LogP contribution >= 0.6 is 11.8 Å². The van der Waals surface area contributed by atoms with Crippen LogP contribution in [0.3, 0.4) is 0 Å². The Balaban J connectivity index is 1.60. The molecule has 172 valence electrons. The van der Waals surface area contributed by atoms with Gasteiger partial charge in [-0.3, -0.25) is 9.59 Å². The molecule has 2 aromatic carbocycles. The molecule has 0 fully saturated rings. The lowest BCUT2D eigenvalue weighted by atomic mass is 10.0. The molecule has 0 aliphatic rings. The maximum Gasteiger partial charge on any atom is 0.234 e. The lowest BCUT2D eigenvalue weighted by Crippen LogP contribution is -2.18. The molecule has 9 heteroatoms. The van der Waals surface area contributed by atoms with E-state index in [0.29, 0.717) is 23.4 Å². The molecular weight excluding hydrogens is 441 g/mol. The van der Waals surface area contributed by atoms with Crippen molar-refractivity contribution < 1.29 is 14.0 Å². The van der Waals surface area contributed by atoms with Gasteiger partial charge in [0.15, 0.2) is 5.16 Å². The van der Waals surface area contributed by atoms with Crippen LogP contribution in [-0.4, -0.2) is 32.3 Å². The number of nitrogens with zero attached hydrogens (tertiary/aromatic N) is 3. The van der Waals surface area contributed by atoms with Gasteiger partial charge in [0.25, 0.3) is 0 Å². The molecule has 1 heterocycles. The zero-order chi connectivity index (χ0) is 23.8. The van der Waals surface area contributed by atoms with Gasteiger partial charge >= 0.3 is 0 Å². The van der Waals surface area contributed by atoms with E-state index in [1.807, 2.05) is 24.3 Å². The van der Waals surface area contributed by atoms with Crippen molar-refractivity contribution in [3.8, 4) is 0 Å². The van der Waals surface area contributed by atoms with Gasteiger partial charge < -0.3 is 15.2 Å². The van der Waals surface area contributed by atoms with E-state index in [1.54, 1.807) is 22.8 Å². The topological polar surface area (TPSA) is 88.9 Å². The molecule has 0 spiro atoms. The van der Waals surface area contributed by atoms with E-state index in [4.69, 9.17) is 0 Å². The molecule has 0 radical (unpaired) electrons. The highest BCUT2D eigenvalue weighted by atomic mass is 32.2. The van der Waals surface area contributed by atoms with Crippen LogP contribution in [0, 0.1) is 5.82 Å². The summed E-state index contributed by atoms with van der Waals surface area (Å²) >= 11 is 1.21. The predicted molar refractivity (Wildman–Crippen MR) is 129 cm³/mol. The second-order valence-electron chi connectivity index (χ2n) is 7.62. The molecule has 3 rings (SSSR count). The normalized spacial score (nSPS) is 10.8. The molecule has 0 saturated heterocycles. The number of benzene rings is 2. The number of amides is 2. The SMILES string of the molecule is C=CCn1c(CC(=O)Nc2ccccc2F)nnc1SCC(=O)Nc1ccc(C(C)C)cc1. The minimum atomic E-state index is -0.514. The number of halogens is 1. The Morgan fingerprint density at radius 1 is 1.09 bits per heavy atom. The first kappa shape index (κ1) is 24.2. The van der Waals surface area contributed by atoms with Crippen molar-refractivity contribution in [1.29, 1.82) is 0 Å². The molecule has 2 N–H and O–H groups in total. The number of carbonyl (C=O) groups is 2. The minimum Gasteiger partial charge on any atom is -0.325 e. The van der Waals surface area contributed by atoms with Crippen molar-refractivity contribution in [2.45, 2.75) is 37.9 Å². The monoisotopic (exact) mass is 467 g/mol. The third-order valence-electron chi connectivity index (χ3n) is 4.77. The Morgan fingerprint density at radius 3 is 2.48 bits per heavy atom. The fourth-order valence-electron chi connectivity index (χ4n) is 3.05. The molecule has 2 amide bonds. The molecule has 0 bridgehead atoms. The van der Waals surface area contributed by atoms with Crippen LogP contribution in [0.2, 0.25) is 0 Å². The number of hydrogen-bond donors (Lipinski definition) is 2. The van der Waals surface area contributed by atoms with E-state index in [0.717, 1.165) is 5.69 Å². The standard InChI is InChI=1S/C24H26FN5O2S/c1-4-13-30-21(14-22(31)27-20-8-6-5-7-19(20)25)28-29-24(30)33-15-23(32)26-18-11-9-17(10-12-18)16(2)3/h4-12,16H,1,13-15H2,2-3H3,(H,26,32)(H,27,31). The van der Waals surface area contributed by atoms with Crippen molar-refractivity contribution >= 4 is 35.0 Å². The third kappa shape index (κ3) is 6.76. The number of aromatic nitrogens is 3. The van der Waals surface area contributed by atoms with Gasteiger partial charge in [0, 0.05) is 12.2 Å². The summed E-state index contributed by atoms with van der Waals surface area (Å²) in [5.74, 6) is -0.163. The highest BCUT2D eigenvalue weighted by Crippen LogP contribution is 2.20. The van der Waals surface area contributed by atoms with Gasteiger partial charge in [-0.2, -0.15) is 0 Å². The number of para-hydroxylation sites is 1. The van der Waals surface area contributed by atoms with Gasteiger partial charge in [-0.05, 0) is 35.7 Å². The van der Waals surface area contributed by atoms with Crippen LogP contribution in [0.4, 0.5) is 15.8 Å². The van der Waals surface area contributed by atoms with Gasteiger partial charge in [-0.25, -0.2) is 4.39 Å². The molecule has 33 heavy (non-hydrogen) atoms. The highest BCUT2D eigenvalue weighted by molar-refractivity contribution is 7.99. The first-order chi connectivity index (χ1) is 15.9. The summed E-state index contributed by atoms with van der Waals surface area (Å²) in [5.41, 5.74) is 2.03. The lowest BCUT2D eigenvalue weighted by molar-refractivity contribution is -0.116. The Labute approximate surface area is 196 Å². The van der Waals surface area contributed by atoms with Crippen molar-refractivity contribution in [1.82, 2.24) is 14.8 Å². The second kappa shape index (κ2) is 11.4. The summed E-state index contributed by atoms with van der Waals surface area (Å²) in [6.45, 7) is 8.33. The van der Waals surface area contributed by atoms with Crippen molar-refractivity contribution in [2.24, 2.45) is 0 Å². The van der Waals surface area contributed by atoms with Crippen LogP contribution < -0.4 is 10.6 Å². The Bertz CT molecular complexity index is 1130. The smallest absolute Gasteiger partial charge is 0.234 e. The van der Waals surface area contributed by atoms with E-state index in [9.17, 15) is 14.0 Å². The lowest BCUT2D eigenvalue weighted by Gasteiger charge is -2.10. The molecule has 1 aromatic heterocycles. The van der Waals surface area contributed by atoms with Crippen molar-refractivity contribution in [3.05, 3.63) is 78.4 Å². The van der Waals surface area contributed by atoms with E-state index in [-0.39, 0.29) is 23.8 Å². The fourth-order valence-corrected chi connectivity index (χ4v) is 3.81. The summed E-state index contributed by atoms with van der Waals surface area (Å²) in [4.78, 5) is 24.8. The van der Waals surface area contributed by atoms with Crippen molar-refractivity contribution in [3.63, 3.8) is 0 Å². The van der Waals surface area contributed by atoms with Gasteiger partial charge in [0.05, 0.1) is 17.9 Å². The van der Waals surface area contributed by atoms with Gasteiger partial charge in [0.2, 0.25) is 11.8 Å². The van der Waals surface area contributed by atoms with Gasteiger partial charge in [-0.15, -0.1) is 16.8 Å². The number of anilines is 2. The zero-order valence-corrected chi connectivity index (χ0v) is 19.4. The van der Waals surface area contributed by atoms with E-state index < -0.39 is 11.7 Å². The maximum absolute atomic E-state index is 13.8. The number of rotatable bonds is 10. The predicted octanol–water partition coefficient (Wildman–Crippen LogP) is 4.64. The summed E-state index contributed by atoms with van der Waals surface area (Å²) < 4.78 is 15.5. The van der Waals surface area contributed by atoms with E-state index >= 15 is 0 Å². The fraction of sp³-hybridized carbons (Fsp3) is 0.250. The van der Waals surface area contributed by atoms with Crippen LogP contribution in [0.25, 0.3) is 0 Å². The average molecular weight is 468 g/mol. The first-order valence-corrected chi connectivity index (χ1v) is 11.5. The van der Waals surface area contributed by atoms with Crippen LogP contribution in [-0.2, 0) is 22.6 Å². The Kier molecular flexibility index (Phi) is 8.37.